The Morgan fingerprint density at radius 3 is 1.20 bits per heavy atom. The van der Waals surface area contributed by atoms with Crippen molar-refractivity contribution < 1.29 is 0 Å². The van der Waals surface area contributed by atoms with Crippen molar-refractivity contribution in [1.29, 1.82) is 0 Å². The molecule has 0 bridgehead atoms. The van der Waals surface area contributed by atoms with E-state index in [1.807, 2.05) is 0 Å². The predicted molar refractivity (Wildman–Crippen MR) is 215 cm³/mol. The minimum atomic E-state index is 1.15. The molecule has 51 heavy (non-hydrogen) atoms. The van der Waals surface area contributed by atoms with Crippen molar-refractivity contribution in [2.45, 2.75) is 0 Å². The highest BCUT2D eigenvalue weighted by molar-refractivity contribution is 6.29. The van der Waals surface area contributed by atoms with Crippen LogP contribution in [0.25, 0.3) is 93.6 Å². The van der Waals surface area contributed by atoms with E-state index < -0.39 is 0 Å². The molecule has 0 amide bonds. The highest BCUT2D eigenvalue weighted by atomic mass is 15.0. The van der Waals surface area contributed by atoms with Crippen LogP contribution in [0.2, 0.25) is 0 Å². The molecule has 0 saturated carbocycles. The third-order valence-electron chi connectivity index (χ3n) is 10.6. The molecule has 0 aliphatic heterocycles. The second kappa shape index (κ2) is 10.8. The first kappa shape index (κ1) is 28.0. The fraction of sp³-hybridized carbons (Fsp3) is 0. The number of nitrogens with zero attached hydrogens (tertiary/aromatic N) is 3. The summed E-state index contributed by atoms with van der Waals surface area (Å²) in [6, 6.07) is 68.3. The van der Waals surface area contributed by atoms with E-state index in [0.717, 1.165) is 5.69 Å². The van der Waals surface area contributed by atoms with Crippen molar-refractivity contribution in [3.63, 3.8) is 0 Å². The molecule has 3 aromatic heterocycles. The second-order valence-corrected chi connectivity index (χ2v) is 13.3. The molecule has 0 saturated heterocycles. The molecule has 3 heteroatoms. The molecule has 0 atom stereocenters. The summed E-state index contributed by atoms with van der Waals surface area (Å²) in [5.74, 6) is 0. The molecule has 0 spiro atoms. The van der Waals surface area contributed by atoms with E-state index in [1.54, 1.807) is 0 Å². The van der Waals surface area contributed by atoms with Crippen molar-refractivity contribution in [1.82, 2.24) is 13.7 Å². The van der Waals surface area contributed by atoms with Crippen molar-refractivity contribution in [3.05, 3.63) is 188 Å². The summed E-state index contributed by atoms with van der Waals surface area (Å²) >= 11 is 0. The summed E-state index contributed by atoms with van der Waals surface area (Å²) in [5, 5.41) is 7.62. The zero-order chi connectivity index (χ0) is 33.5. The Balaban J connectivity index is 1.19. The van der Waals surface area contributed by atoms with Gasteiger partial charge in [-0.05, 0) is 83.9 Å². The first-order chi connectivity index (χ1) is 25.3. The number of hydrogen-bond donors (Lipinski definition) is 0. The van der Waals surface area contributed by atoms with Gasteiger partial charge in [0.1, 0.15) is 0 Å². The lowest BCUT2D eigenvalue weighted by atomic mass is 9.99. The minimum Gasteiger partial charge on any atom is -0.309 e. The molecule has 238 valence electrons. The summed E-state index contributed by atoms with van der Waals surface area (Å²) in [6.07, 6.45) is 0. The largest absolute Gasteiger partial charge is 0.309 e. The molecule has 0 N–H and O–H groups in total. The summed E-state index contributed by atoms with van der Waals surface area (Å²) in [4.78, 5) is 0. The van der Waals surface area contributed by atoms with Gasteiger partial charge in [0, 0.05) is 49.4 Å². The maximum atomic E-state index is 2.45. The van der Waals surface area contributed by atoms with Crippen molar-refractivity contribution in [3.8, 4) is 28.2 Å². The number of para-hydroxylation sites is 5. The second-order valence-electron chi connectivity index (χ2n) is 13.3. The number of benzene rings is 8. The van der Waals surface area contributed by atoms with Gasteiger partial charge in [-0.1, -0.05) is 115 Å². The van der Waals surface area contributed by atoms with Crippen LogP contribution in [0.4, 0.5) is 0 Å². The Morgan fingerprint density at radius 2 is 0.647 bits per heavy atom. The zero-order valence-electron chi connectivity index (χ0n) is 27.7. The Labute approximate surface area is 294 Å². The van der Waals surface area contributed by atoms with Crippen LogP contribution in [-0.4, -0.2) is 13.7 Å². The van der Waals surface area contributed by atoms with Gasteiger partial charge in [-0.3, -0.25) is 0 Å². The first-order valence-electron chi connectivity index (χ1n) is 17.5. The fourth-order valence-electron chi connectivity index (χ4n) is 8.58. The number of aromatic nitrogens is 3. The number of fused-ring (bicyclic) bond motifs is 10. The molecule has 0 unspecified atom stereocenters. The molecule has 3 nitrogen and oxygen atoms in total. The maximum absolute atomic E-state index is 2.45. The van der Waals surface area contributed by atoms with Gasteiger partial charge in [-0.25, -0.2) is 0 Å². The van der Waals surface area contributed by atoms with Crippen LogP contribution < -0.4 is 0 Å². The highest BCUT2D eigenvalue weighted by Crippen LogP contribution is 2.43. The topological polar surface area (TPSA) is 14.8 Å². The van der Waals surface area contributed by atoms with Gasteiger partial charge in [-0.2, -0.15) is 0 Å². The smallest absolute Gasteiger partial charge is 0.0548 e. The van der Waals surface area contributed by atoms with E-state index >= 15 is 0 Å². The van der Waals surface area contributed by atoms with Gasteiger partial charge in [0.25, 0.3) is 0 Å². The molecular formula is C48H31N3. The van der Waals surface area contributed by atoms with E-state index in [1.165, 1.54) is 87.9 Å². The third kappa shape index (κ3) is 4.00. The molecule has 0 aliphatic rings. The molecule has 3 heterocycles. The van der Waals surface area contributed by atoms with E-state index in [4.69, 9.17) is 0 Å². The predicted octanol–water partition coefficient (Wildman–Crippen LogP) is 12.6. The summed E-state index contributed by atoms with van der Waals surface area (Å²) < 4.78 is 7.25. The lowest BCUT2D eigenvalue weighted by Crippen LogP contribution is -1.95. The van der Waals surface area contributed by atoms with E-state index in [9.17, 15) is 0 Å². The molecule has 0 aliphatic carbocycles. The highest BCUT2D eigenvalue weighted by Gasteiger charge is 2.21. The van der Waals surface area contributed by atoms with Crippen LogP contribution in [0.1, 0.15) is 0 Å². The molecular weight excluding hydrogens is 619 g/mol. The van der Waals surface area contributed by atoms with Gasteiger partial charge in [0.2, 0.25) is 0 Å². The molecule has 11 rings (SSSR count). The Morgan fingerprint density at radius 1 is 0.255 bits per heavy atom. The molecule has 0 radical (unpaired) electrons. The molecule has 8 aromatic carbocycles. The van der Waals surface area contributed by atoms with Crippen molar-refractivity contribution in [2.75, 3.05) is 0 Å². The first-order valence-corrected chi connectivity index (χ1v) is 17.5. The third-order valence-corrected chi connectivity index (χ3v) is 10.6. The van der Waals surface area contributed by atoms with Crippen LogP contribution in [0.15, 0.2) is 188 Å². The van der Waals surface area contributed by atoms with Crippen LogP contribution in [0.5, 0.6) is 0 Å². The number of rotatable bonds is 4. The van der Waals surface area contributed by atoms with Crippen molar-refractivity contribution >= 4 is 65.4 Å². The average molecular weight is 650 g/mol. The summed E-state index contributed by atoms with van der Waals surface area (Å²) in [7, 11) is 0. The zero-order valence-corrected chi connectivity index (χ0v) is 27.7. The van der Waals surface area contributed by atoms with Gasteiger partial charge in [0.05, 0.1) is 33.1 Å². The Bertz CT molecular complexity index is 3120. The lowest BCUT2D eigenvalue weighted by molar-refractivity contribution is 1.17. The van der Waals surface area contributed by atoms with Gasteiger partial charge >= 0.3 is 0 Å². The van der Waals surface area contributed by atoms with E-state index in [2.05, 4.69) is 202 Å². The van der Waals surface area contributed by atoms with Gasteiger partial charge < -0.3 is 13.7 Å². The lowest BCUT2D eigenvalue weighted by Gasteiger charge is -2.12. The van der Waals surface area contributed by atoms with E-state index in [0.29, 0.717) is 0 Å². The maximum Gasteiger partial charge on any atom is 0.0548 e. The SMILES string of the molecule is c1ccc(-n2c3ccccc3c3c(-c4cccc(-n5c6ccccc6c6c7c8ccccc8n(-c8ccccc8)c7ccc65)c4)cccc32)cc1. The Kier molecular flexibility index (Phi) is 5.96. The van der Waals surface area contributed by atoms with Crippen LogP contribution in [0.3, 0.4) is 0 Å². The quantitative estimate of drug-likeness (QED) is 0.180. The summed E-state index contributed by atoms with van der Waals surface area (Å²) in [5.41, 5.74) is 13.2. The van der Waals surface area contributed by atoms with E-state index in [-0.39, 0.29) is 0 Å². The average Bonchev–Trinajstić information content (AvgIpc) is 3.84. The monoisotopic (exact) mass is 649 g/mol. The fourth-order valence-corrected chi connectivity index (χ4v) is 8.58. The van der Waals surface area contributed by atoms with Gasteiger partial charge in [0.15, 0.2) is 0 Å². The van der Waals surface area contributed by atoms with Crippen LogP contribution in [-0.2, 0) is 0 Å². The van der Waals surface area contributed by atoms with Gasteiger partial charge in [-0.15, -0.1) is 0 Å². The van der Waals surface area contributed by atoms with Crippen LogP contribution in [0, 0.1) is 0 Å². The van der Waals surface area contributed by atoms with Crippen molar-refractivity contribution in [2.24, 2.45) is 0 Å². The Hall–Kier alpha value is -6.84. The standard InChI is InChI=1S/C48H31N3/c1-3-16-33(17-4-1)49-40-25-10-7-21-37(40)46-36(24-14-28-43(46)49)32-15-13-20-35(31-32)51-42-27-12-9-23-39(42)48-45(51)30-29-44-47(48)38-22-8-11-26-41(38)50(44)34-18-5-2-6-19-34/h1-31H. The molecule has 11 aromatic rings. The van der Waals surface area contributed by atoms with Crippen LogP contribution >= 0.6 is 0 Å². The normalized spacial score (nSPS) is 11.9. The minimum absolute atomic E-state index is 1.15. The number of hydrogen-bond acceptors (Lipinski definition) is 0. The summed E-state index contributed by atoms with van der Waals surface area (Å²) in [6.45, 7) is 0. The molecule has 0 fully saturated rings.